The Kier molecular flexibility index (Phi) is 10.3. The Hall–Kier alpha value is -5.02. The van der Waals surface area contributed by atoms with E-state index >= 15 is 0 Å². The number of oxazole rings is 2. The second-order valence-electron chi connectivity index (χ2n) is 14.2. The number of nitrogens with zero attached hydrogens (tertiary/aromatic N) is 7. The third-order valence-corrected chi connectivity index (χ3v) is 10.5. The summed E-state index contributed by atoms with van der Waals surface area (Å²) in [5, 5.41) is 16.5. The van der Waals surface area contributed by atoms with E-state index in [2.05, 4.69) is 46.0 Å². The number of piperidine rings is 2. The first kappa shape index (κ1) is 34.1. The van der Waals surface area contributed by atoms with Gasteiger partial charge in [0.1, 0.15) is 35.3 Å². The Bertz CT molecular complexity index is 1870. The fourth-order valence-corrected chi connectivity index (χ4v) is 7.82. The maximum Gasteiger partial charge on any atom is 0.299 e. The Morgan fingerprint density at radius 2 is 1.37 bits per heavy atom. The number of nitrogens with one attached hydrogen (secondary N) is 4. The van der Waals surface area contributed by atoms with Gasteiger partial charge in [0.2, 0.25) is 11.8 Å². The second kappa shape index (κ2) is 15.7. The third kappa shape index (κ3) is 7.75. The predicted molar refractivity (Wildman–Crippen MR) is 196 cm³/mol. The maximum absolute atomic E-state index is 13.1. The highest BCUT2D eigenvalue weighted by atomic mass is 16.4. The van der Waals surface area contributed by atoms with Crippen molar-refractivity contribution in [3.8, 4) is 0 Å². The van der Waals surface area contributed by atoms with Gasteiger partial charge in [-0.05, 0) is 82.2 Å². The summed E-state index contributed by atoms with van der Waals surface area (Å²) in [6, 6.07) is 16.5. The number of hydrogen-bond donors (Lipinski definition) is 4. The number of hydrogen-bond acceptors (Lipinski definition) is 12. The lowest BCUT2D eigenvalue weighted by Crippen LogP contribution is -2.52. The van der Waals surface area contributed by atoms with E-state index in [1.54, 1.807) is 0 Å². The number of amides is 2. The summed E-state index contributed by atoms with van der Waals surface area (Å²) in [4.78, 5) is 45.5. The monoisotopic (exact) mass is 709 g/mol. The van der Waals surface area contributed by atoms with Gasteiger partial charge in [0.05, 0.1) is 6.54 Å². The summed E-state index contributed by atoms with van der Waals surface area (Å²) in [6.07, 6.45) is 9.34. The molecule has 52 heavy (non-hydrogen) atoms. The largest absolute Gasteiger partial charge is 0.423 e. The van der Waals surface area contributed by atoms with Crippen molar-refractivity contribution in [1.82, 2.24) is 46.0 Å². The molecule has 2 amide bonds. The van der Waals surface area contributed by atoms with Crippen LogP contribution in [0.25, 0.3) is 22.2 Å². The van der Waals surface area contributed by atoms with Crippen molar-refractivity contribution in [3.05, 3.63) is 60.7 Å². The first-order chi connectivity index (χ1) is 25.6. The van der Waals surface area contributed by atoms with E-state index in [1.807, 2.05) is 58.3 Å². The molecule has 0 bridgehead atoms. The Morgan fingerprint density at radius 1 is 0.750 bits per heavy atom. The van der Waals surface area contributed by atoms with Crippen molar-refractivity contribution in [2.45, 2.75) is 82.1 Å². The summed E-state index contributed by atoms with van der Waals surface area (Å²) >= 11 is 0. The van der Waals surface area contributed by atoms with Gasteiger partial charge in [-0.1, -0.05) is 24.3 Å². The van der Waals surface area contributed by atoms with Gasteiger partial charge in [-0.2, -0.15) is 15.1 Å². The Labute approximate surface area is 301 Å². The fourth-order valence-electron chi connectivity index (χ4n) is 7.82. The summed E-state index contributed by atoms with van der Waals surface area (Å²) in [7, 11) is 0. The van der Waals surface area contributed by atoms with Crippen molar-refractivity contribution >= 4 is 46.0 Å². The summed E-state index contributed by atoms with van der Waals surface area (Å²) in [6.45, 7) is 5.92. The maximum atomic E-state index is 13.1. The van der Waals surface area contributed by atoms with Crippen LogP contribution in [0.1, 0.15) is 57.2 Å². The molecule has 3 aromatic heterocycles. The molecule has 0 aliphatic carbocycles. The molecule has 15 heteroatoms. The minimum absolute atomic E-state index is 0.0680. The van der Waals surface area contributed by atoms with E-state index in [-0.39, 0.29) is 36.0 Å². The number of aromatic amines is 1. The highest BCUT2D eigenvalue weighted by Gasteiger charge is 2.35. The molecule has 0 radical (unpaired) electrons. The smallest absolute Gasteiger partial charge is 0.299 e. The van der Waals surface area contributed by atoms with E-state index in [9.17, 15) is 9.59 Å². The number of carbonyl (C=O) groups excluding carboxylic acids is 2. The molecular formula is C37H47N11O4. The number of benzene rings is 2. The van der Waals surface area contributed by atoms with Crippen molar-refractivity contribution in [2.24, 2.45) is 0 Å². The lowest BCUT2D eigenvalue weighted by atomic mass is 10.0. The van der Waals surface area contributed by atoms with Crippen LogP contribution >= 0.6 is 0 Å². The molecule has 2 aromatic carbocycles. The van der Waals surface area contributed by atoms with Gasteiger partial charge in [0.15, 0.2) is 11.2 Å². The zero-order valence-electron chi connectivity index (χ0n) is 29.4. The van der Waals surface area contributed by atoms with E-state index in [0.717, 1.165) is 125 Å². The van der Waals surface area contributed by atoms with Crippen LogP contribution in [0.2, 0.25) is 0 Å². The zero-order valence-corrected chi connectivity index (χ0v) is 29.4. The molecule has 0 spiro atoms. The average Bonchev–Trinajstić information content (AvgIpc) is 4.03. The van der Waals surface area contributed by atoms with Crippen LogP contribution in [0, 0.1) is 0 Å². The lowest BCUT2D eigenvalue weighted by molar-refractivity contribution is -0.124. The first-order valence-electron chi connectivity index (χ1n) is 18.7. The molecular weight excluding hydrogens is 662 g/mol. The molecule has 7 heterocycles. The molecule has 15 nitrogen and oxygen atoms in total. The number of H-pyrrole nitrogens is 1. The van der Waals surface area contributed by atoms with Crippen molar-refractivity contribution in [1.29, 1.82) is 0 Å². The molecule has 4 N–H and O–H groups in total. The molecule has 4 aliphatic rings. The van der Waals surface area contributed by atoms with E-state index in [0.29, 0.717) is 12.0 Å². The molecule has 0 saturated carbocycles. The topological polar surface area (TPSA) is 174 Å². The van der Waals surface area contributed by atoms with Crippen LogP contribution < -0.4 is 25.8 Å². The van der Waals surface area contributed by atoms with E-state index < -0.39 is 0 Å². The zero-order chi connectivity index (χ0) is 35.3. The van der Waals surface area contributed by atoms with Crippen molar-refractivity contribution in [2.75, 3.05) is 49.1 Å². The minimum Gasteiger partial charge on any atom is -0.423 e. The Balaban J connectivity index is 0.000000153. The van der Waals surface area contributed by atoms with Gasteiger partial charge >= 0.3 is 0 Å². The van der Waals surface area contributed by atoms with Gasteiger partial charge in [-0.25, -0.2) is 4.98 Å². The second-order valence-corrected chi connectivity index (χ2v) is 14.2. The number of fused-ring (bicyclic) bond motifs is 2. The third-order valence-electron chi connectivity index (χ3n) is 10.5. The molecule has 4 aliphatic heterocycles. The number of aromatic nitrogens is 5. The highest BCUT2D eigenvalue weighted by Crippen LogP contribution is 2.29. The number of carbonyl (C=O) groups is 2. The van der Waals surface area contributed by atoms with Crippen molar-refractivity contribution < 1.29 is 18.4 Å². The van der Waals surface area contributed by atoms with Crippen LogP contribution in [-0.4, -0.2) is 105 Å². The molecule has 0 unspecified atom stereocenters. The van der Waals surface area contributed by atoms with E-state index in [1.165, 1.54) is 6.33 Å². The van der Waals surface area contributed by atoms with Crippen LogP contribution in [0.3, 0.4) is 0 Å². The number of anilines is 2. The number of likely N-dealkylation sites (tertiary alicyclic amines) is 1. The Morgan fingerprint density at radius 3 is 1.92 bits per heavy atom. The first-order valence-corrected chi connectivity index (χ1v) is 18.7. The van der Waals surface area contributed by atoms with Gasteiger partial charge < -0.3 is 34.6 Å². The lowest BCUT2D eigenvalue weighted by Gasteiger charge is -2.34. The predicted octanol–water partition coefficient (Wildman–Crippen LogP) is 3.36. The highest BCUT2D eigenvalue weighted by molar-refractivity contribution is 5.86. The van der Waals surface area contributed by atoms with Crippen LogP contribution in [0.5, 0.6) is 0 Å². The van der Waals surface area contributed by atoms with Gasteiger partial charge in [-0.15, -0.1) is 0 Å². The fraction of sp³-hybridized carbons (Fsp3) is 0.514. The van der Waals surface area contributed by atoms with Gasteiger partial charge in [-0.3, -0.25) is 19.6 Å². The van der Waals surface area contributed by atoms with Crippen molar-refractivity contribution in [3.63, 3.8) is 0 Å². The molecule has 9 rings (SSSR count). The quantitative estimate of drug-likeness (QED) is 0.185. The van der Waals surface area contributed by atoms with Gasteiger partial charge in [0, 0.05) is 44.8 Å². The summed E-state index contributed by atoms with van der Waals surface area (Å²) in [5.74, 6) is 1.02. The number of para-hydroxylation sites is 4. The molecule has 4 saturated heterocycles. The summed E-state index contributed by atoms with van der Waals surface area (Å²) < 4.78 is 11.8. The summed E-state index contributed by atoms with van der Waals surface area (Å²) in [5.41, 5.74) is 3.19. The average molecular weight is 710 g/mol. The SMILES string of the molecule is O=C(N[C@H]1CCN(Cc2ncn[nH]2)C1)[C@@H]1CCCCN1c1nc2ccccc2o1.O=C(N[C@H]1CCNC1)[C@@H]1CCCCN1c1nc2ccccc2o1. The molecule has 274 valence electrons. The molecule has 4 atom stereocenters. The number of rotatable bonds is 8. The molecule has 4 fully saturated rings. The van der Waals surface area contributed by atoms with Gasteiger partial charge in [0.25, 0.3) is 12.0 Å². The van der Waals surface area contributed by atoms with Crippen LogP contribution in [0.4, 0.5) is 12.0 Å². The van der Waals surface area contributed by atoms with Crippen LogP contribution in [-0.2, 0) is 16.1 Å². The minimum atomic E-state index is -0.236. The molecule has 5 aromatic rings. The van der Waals surface area contributed by atoms with Crippen LogP contribution in [0.15, 0.2) is 63.7 Å². The normalized spacial score (nSPS) is 23.8. The van der Waals surface area contributed by atoms with E-state index in [4.69, 9.17) is 8.83 Å². The standard InChI is InChI=1S/C20H25N7O2.C17H22N4O2/c28-19(23-14-8-10-26(11-14)12-18-21-13-22-25-18)16-6-3-4-9-27(16)20-24-15-5-1-2-7-17(15)29-20;22-16(19-12-8-9-18-11-12)14-6-3-4-10-21(14)17-20-13-5-1-2-7-15(13)23-17/h1-2,5,7,13-14,16H,3-4,6,8-12H2,(H,23,28)(H,21,22,25);1-2,5,7,12,14,18H,3-4,6,8-11H2,(H,19,22)/t14-,16-;12-,14-/m00/s1.